The molecule has 0 aliphatic carbocycles. The quantitative estimate of drug-likeness (QED) is 0.235. The van der Waals surface area contributed by atoms with Crippen molar-refractivity contribution in [3.63, 3.8) is 0 Å². The number of para-hydroxylation sites is 1. The first-order chi connectivity index (χ1) is 16.5. The molecule has 2 heterocycles. The van der Waals surface area contributed by atoms with Crippen LogP contribution >= 0.6 is 24.0 Å². The highest BCUT2D eigenvalue weighted by atomic mass is 32.2. The summed E-state index contributed by atoms with van der Waals surface area (Å²) >= 11 is 6.91. The highest BCUT2D eigenvalue weighted by Crippen LogP contribution is 2.36. The first kappa shape index (κ1) is 24.4. The van der Waals surface area contributed by atoms with Crippen LogP contribution in [-0.4, -0.2) is 31.5 Å². The van der Waals surface area contributed by atoms with Gasteiger partial charge in [-0.1, -0.05) is 75.3 Å². The molecule has 176 valence electrons. The Balaban J connectivity index is 1.67. The van der Waals surface area contributed by atoms with Crippen molar-refractivity contribution in [3.05, 3.63) is 77.1 Å². The molecule has 3 aromatic rings. The summed E-state index contributed by atoms with van der Waals surface area (Å²) in [6.45, 7) is 5.01. The van der Waals surface area contributed by atoms with Gasteiger partial charge in [-0.25, -0.2) is 9.07 Å². The summed E-state index contributed by atoms with van der Waals surface area (Å²) in [6, 6.07) is 16.0. The largest absolute Gasteiger partial charge is 0.293 e. The highest BCUT2D eigenvalue weighted by molar-refractivity contribution is 8.26. The highest BCUT2D eigenvalue weighted by Gasteiger charge is 2.33. The lowest BCUT2D eigenvalue weighted by Crippen LogP contribution is -2.33. The molecule has 4 rings (SSSR count). The van der Waals surface area contributed by atoms with Crippen LogP contribution < -0.4 is 0 Å². The molecular formula is C27H28FN3OS2. The Morgan fingerprint density at radius 3 is 2.53 bits per heavy atom. The number of thioether (sulfide) groups is 1. The fraction of sp³-hybridized carbons (Fsp3) is 0.296. The predicted molar refractivity (Wildman–Crippen MR) is 142 cm³/mol. The van der Waals surface area contributed by atoms with Crippen LogP contribution in [-0.2, 0) is 4.79 Å². The molecule has 34 heavy (non-hydrogen) atoms. The lowest BCUT2D eigenvalue weighted by molar-refractivity contribution is -0.122. The number of hydrogen-bond acceptors (Lipinski definition) is 4. The van der Waals surface area contributed by atoms with E-state index in [2.05, 4.69) is 13.8 Å². The monoisotopic (exact) mass is 493 g/mol. The third-order valence-corrected chi connectivity index (χ3v) is 7.40. The van der Waals surface area contributed by atoms with Crippen LogP contribution in [0.4, 0.5) is 4.39 Å². The molecule has 1 atom stereocenters. The fourth-order valence-corrected chi connectivity index (χ4v) is 5.28. The number of carbonyl (C=O) groups excluding carboxylic acids is 1. The molecule has 0 bridgehead atoms. The van der Waals surface area contributed by atoms with E-state index in [-0.39, 0.29) is 11.7 Å². The van der Waals surface area contributed by atoms with E-state index in [1.165, 1.54) is 23.9 Å². The van der Waals surface area contributed by atoms with Crippen LogP contribution in [0.2, 0.25) is 0 Å². The molecule has 1 aliphatic rings. The SMILES string of the molecule is CCCC[C@@H](CC)CN1C(=O)/C(=C\c2cn(-c3ccccc3)nc2-c2ccc(F)cc2)SC1=S. The average Bonchev–Trinajstić information content (AvgIpc) is 3.39. The molecule has 7 heteroatoms. The summed E-state index contributed by atoms with van der Waals surface area (Å²) in [6.07, 6.45) is 8.18. The zero-order valence-corrected chi connectivity index (χ0v) is 21.0. The van der Waals surface area contributed by atoms with Gasteiger partial charge in [0.2, 0.25) is 0 Å². The van der Waals surface area contributed by atoms with Crippen molar-refractivity contribution in [1.29, 1.82) is 0 Å². The van der Waals surface area contributed by atoms with Crippen LogP contribution in [0, 0.1) is 11.7 Å². The van der Waals surface area contributed by atoms with Crippen molar-refractivity contribution in [3.8, 4) is 16.9 Å². The molecule has 1 aliphatic heterocycles. The van der Waals surface area contributed by atoms with Gasteiger partial charge in [-0.05, 0) is 54.8 Å². The molecule has 0 saturated carbocycles. The number of benzene rings is 2. The van der Waals surface area contributed by atoms with Gasteiger partial charge >= 0.3 is 0 Å². The Bertz CT molecular complexity index is 1190. The Kier molecular flexibility index (Phi) is 7.95. The van der Waals surface area contributed by atoms with Gasteiger partial charge in [0.15, 0.2) is 0 Å². The Hall–Kier alpha value is -2.77. The predicted octanol–water partition coefficient (Wildman–Crippen LogP) is 7.10. The number of hydrogen-bond donors (Lipinski definition) is 0. The standard InChI is InChI=1S/C27H28FN3OS2/c1-3-5-9-19(4-2)17-30-26(32)24(34-27(30)33)16-21-18-31(23-10-7-6-8-11-23)29-25(21)20-12-14-22(28)15-13-20/h6-8,10-16,18-19H,3-5,9,17H2,1-2H3/b24-16+/t19-/m1/s1. The van der Waals surface area contributed by atoms with Crippen molar-refractivity contribution < 1.29 is 9.18 Å². The van der Waals surface area contributed by atoms with Crippen LogP contribution in [0.15, 0.2) is 65.7 Å². The van der Waals surface area contributed by atoms with Gasteiger partial charge in [-0.3, -0.25) is 9.69 Å². The van der Waals surface area contributed by atoms with Crippen molar-refractivity contribution >= 4 is 40.3 Å². The van der Waals surface area contributed by atoms with Crippen LogP contribution in [0.1, 0.15) is 45.1 Å². The van der Waals surface area contributed by atoms with Crippen LogP contribution in [0.25, 0.3) is 23.0 Å². The average molecular weight is 494 g/mol. The first-order valence-electron chi connectivity index (χ1n) is 11.7. The maximum Gasteiger partial charge on any atom is 0.266 e. The van der Waals surface area contributed by atoms with E-state index < -0.39 is 0 Å². The van der Waals surface area contributed by atoms with Gasteiger partial charge in [0.05, 0.1) is 16.3 Å². The van der Waals surface area contributed by atoms with E-state index >= 15 is 0 Å². The van der Waals surface area contributed by atoms with Crippen molar-refractivity contribution in [2.45, 2.75) is 39.5 Å². The van der Waals surface area contributed by atoms with Gasteiger partial charge in [0.25, 0.3) is 5.91 Å². The number of unbranched alkanes of at least 4 members (excludes halogenated alkanes) is 1. The van der Waals surface area contributed by atoms with Crippen molar-refractivity contribution in [2.24, 2.45) is 5.92 Å². The van der Waals surface area contributed by atoms with Crippen LogP contribution in [0.3, 0.4) is 0 Å². The van der Waals surface area contributed by atoms with E-state index in [4.69, 9.17) is 17.3 Å². The zero-order chi connectivity index (χ0) is 24.1. The van der Waals surface area contributed by atoms with Crippen molar-refractivity contribution in [1.82, 2.24) is 14.7 Å². The van der Waals surface area contributed by atoms with E-state index in [1.54, 1.807) is 21.7 Å². The van der Waals surface area contributed by atoms with E-state index in [1.807, 2.05) is 42.6 Å². The minimum Gasteiger partial charge on any atom is -0.293 e. The Morgan fingerprint density at radius 1 is 1.12 bits per heavy atom. The molecule has 0 spiro atoms. The Morgan fingerprint density at radius 2 is 1.85 bits per heavy atom. The third-order valence-electron chi connectivity index (χ3n) is 6.03. The third kappa shape index (κ3) is 5.47. The van der Waals surface area contributed by atoms with E-state index in [0.29, 0.717) is 27.4 Å². The lowest BCUT2D eigenvalue weighted by Gasteiger charge is -2.21. The molecule has 1 fully saturated rings. The van der Waals surface area contributed by atoms with Gasteiger partial charge in [-0.15, -0.1) is 0 Å². The minimum absolute atomic E-state index is 0.0533. The molecule has 0 N–H and O–H groups in total. The summed E-state index contributed by atoms with van der Waals surface area (Å²) < 4.78 is 15.9. The van der Waals surface area contributed by atoms with Crippen LogP contribution in [0.5, 0.6) is 0 Å². The first-order valence-corrected chi connectivity index (χ1v) is 12.9. The molecule has 1 amide bonds. The Labute approximate surface area is 209 Å². The van der Waals surface area contributed by atoms with Crippen molar-refractivity contribution in [2.75, 3.05) is 6.54 Å². The number of carbonyl (C=O) groups is 1. The fourth-order valence-electron chi connectivity index (χ4n) is 4.01. The molecule has 2 aromatic carbocycles. The number of rotatable bonds is 9. The second-order valence-electron chi connectivity index (χ2n) is 8.43. The maximum absolute atomic E-state index is 13.5. The molecule has 1 aromatic heterocycles. The summed E-state index contributed by atoms with van der Waals surface area (Å²) in [5.74, 6) is 0.0853. The maximum atomic E-state index is 13.5. The second kappa shape index (κ2) is 11.1. The molecule has 0 unspecified atom stereocenters. The number of nitrogens with zero attached hydrogens (tertiary/aromatic N) is 3. The molecule has 4 nitrogen and oxygen atoms in total. The topological polar surface area (TPSA) is 38.1 Å². The summed E-state index contributed by atoms with van der Waals surface area (Å²) in [5.41, 5.74) is 3.15. The van der Waals surface area contributed by atoms with Gasteiger partial charge in [0, 0.05) is 23.9 Å². The van der Waals surface area contributed by atoms with E-state index in [9.17, 15) is 9.18 Å². The van der Waals surface area contributed by atoms with Gasteiger partial charge in [0.1, 0.15) is 10.1 Å². The number of amides is 1. The summed E-state index contributed by atoms with van der Waals surface area (Å²) in [7, 11) is 0. The summed E-state index contributed by atoms with van der Waals surface area (Å²) in [5, 5.41) is 4.76. The molecular weight excluding hydrogens is 465 g/mol. The number of aromatic nitrogens is 2. The summed E-state index contributed by atoms with van der Waals surface area (Å²) in [4.78, 5) is 15.6. The van der Waals surface area contributed by atoms with Gasteiger partial charge in [-0.2, -0.15) is 5.10 Å². The second-order valence-corrected chi connectivity index (χ2v) is 10.1. The number of halogens is 1. The molecule has 1 saturated heterocycles. The smallest absolute Gasteiger partial charge is 0.266 e. The number of thiocarbonyl (C=S) groups is 1. The van der Waals surface area contributed by atoms with E-state index in [0.717, 1.165) is 42.5 Å². The lowest BCUT2D eigenvalue weighted by atomic mass is 9.99. The minimum atomic E-state index is -0.304. The molecule has 0 radical (unpaired) electrons. The van der Waals surface area contributed by atoms with Gasteiger partial charge < -0.3 is 0 Å². The zero-order valence-electron chi connectivity index (χ0n) is 19.4. The normalized spacial score (nSPS) is 16.0.